The van der Waals surface area contributed by atoms with Gasteiger partial charge in [-0.1, -0.05) is 6.07 Å². The van der Waals surface area contributed by atoms with Gasteiger partial charge in [0.1, 0.15) is 0 Å². The Bertz CT molecular complexity index is 840. The first-order valence-corrected chi connectivity index (χ1v) is 10.8. The van der Waals surface area contributed by atoms with Gasteiger partial charge in [0, 0.05) is 11.6 Å². The number of benzene rings is 1. The van der Waals surface area contributed by atoms with Gasteiger partial charge in [0.05, 0.1) is 17.0 Å². The first-order valence-electron chi connectivity index (χ1n) is 9.29. The van der Waals surface area contributed by atoms with Crippen molar-refractivity contribution in [3.8, 4) is 0 Å². The Morgan fingerprint density at radius 1 is 1.17 bits per heavy atom. The molecule has 0 bridgehead atoms. The van der Waals surface area contributed by atoms with E-state index in [1.54, 1.807) is 0 Å². The monoisotopic (exact) mass is 438 g/mol. The van der Waals surface area contributed by atoms with Gasteiger partial charge in [-0.2, -0.15) is 13.2 Å². The molecular formula is C19H26F4N2O3S. The molecule has 0 spiro atoms. The molecule has 0 atom stereocenters. The largest absolute Gasteiger partial charge is 0.416 e. The number of carbonyl (C=O) groups is 1. The van der Waals surface area contributed by atoms with E-state index in [2.05, 4.69) is 10.6 Å². The number of alkyl halides is 4. The summed E-state index contributed by atoms with van der Waals surface area (Å²) in [4.78, 5) is 11.2. The Labute approximate surface area is 168 Å². The molecule has 5 nitrogen and oxygen atoms in total. The Balaban J connectivity index is 2.03. The third-order valence-corrected chi connectivity index (χ3v) is 7.00. The van der Waals surface area contributed by atoms with E-state index in [1.807, 2.05) is 20.8 Å². The van der Waals surface area contributed by atoms with Crippen molar-refractivity contribution in [2.75, 3.05) is 6.54 Å². The number of sulfone groups is 1. The zero-order valence-electron chi connectivity index (χ0n) is 16.6. The topological polar surface area (TPSA) is 75.3 Å². The van der Waals surface area contributed by atoms with Crippen LogP contribution in [0.25, 0.3) is 0 Å². The molecule has 0 aromatic heterocycles. The molecule has 0 radical (unpaired) electrons. The van der Waals surface area contributed by atoms with Crippen LogP contribution < -0.4 is 10.6 Å². The quantitative estimate of drug-likeness (QED) is 0.689. The normalized spacial score (nSPS) is 23.6. The van der Waals surface area contributed by atoms with Crippen LogP contribution in [0.4, 0.5) is 17.6 Å². The van der Waals surface area contributed by atoms with Crippen LogP contribution in [0, 0.1) is 0 Å². The van der Waals surface area contributed by atoms with Crippen molar-refractivity contribution in [1.82, 2.24) is 10.6 Å². The predicted octanol–water partition coefficient (Wildman–Crippen LogP) is 3.59. The Kier molecular flexibility index (Phi) is 6.69. The van der Waals surface area contributed by atoms with E-state index in [-0.39, 0.29) is 44.2 Å². The summed E-state index contributed by atoms with van der Waals surface area (Å²) in [6, 6.07) is 2.90. The van der Waals surface area contributed by atoms with Crippen molar-refractivity contribution in [3.63, 3.8) is 0 Å². The van der Waals surface area contributed by atoms with Crippen LogP contribution in [0.1, 0.15) is 52.0 Å². The smallest absolute Gasteiger partial charge is 0.350 e. The molecule has 2 N–H and O–H groups in total. The van der Waals surface area contributed by atoms with E-state index < -0.39 is 37.0 Å². The van der Waals surface area contributed by atoms with Crippen LogP contribution in [0.15, 0.2) is 29.2 Å². The van der Waals surface area contributed by atoms with Crippen LogP contribution in [-0.2, 0) is 20.8 Å². The van der Waals surface area contributed by atoms with Crippen LogP contribution in [0.2, 0.25) is 0 Å². The molecule has 0 aliphatic heterocycles. The lowest BCUT2D eigenvalue weighted by Gasteiger charge is -2.34. The molecule has 1 saturated carbocycles. The van der Waals surface area contributed by atoms with E-state index in [9.17, 15) is 26.4 Å². The zero-order valence-corrected chi connectivity index (χ0v) is 17.4. The summed E-state index contributed by atoms with van der Waals surface area (Å²) in [7, 11) is -4.60. The number of hydrogen-bond acceptors (Lipinski definition) is 4. The second-order valence-corrected chi connectivity index (χ2v) is 10.6. The summed E-state index contributed by atoms with van der Waals surface area (Å²) < 4.78 is 79.3. The van der Waals surface area contributed by atoms with E-state index in [1.165, 1.54) is 0 Å². The van der Waals surface area contributed by atoms with Gasteiger partial charge >= 0.3 is 6.18 Å². The van der Waals surface area contributed by atoms with Gasteiger partial charge in [-0.05, 0) is 64.7 Å². The minimum Gasteiger partial charge on any atom is -0.350 e. The maximum atomic E-state index is 15.3. The van der Waals surface area contributed by atoms with Gasteiger partial charge in [-0.25, -0.2) is 12.8 Å². The molecule has 1 aliphatic carbocycles. The van der Waals surface area contributed by atoms with Crippen LogP contribution in [0.5, 0.6) is 0 Å². The second-order valence-electron chi connectivity index (χ2n) is 8.37. The highest BCUT2D eigenvalue weighted by Crippen LogP contribution is 2.41. The van der Waals surface area contributed by atoms with Crippen LogP contribution >= 0.6 is 0 Å². The molecule has 164 valence electrons. The lowest BCUT2D eigenvalue weighted by atomic mass is 9.93. The fourth-order valence-electron chi connectivity index (χ4n) is 3.27. The van der Waals surface area contributed by atoms with Crippen molar-refractivity contribution in [1.29, 1.82) is 0 Å². The number of rotatable bonds is 5. The van der Waals surface area contributed by atoms with Gasteiger partial charge < -0.3 is 10.6 Å². The van der Waals surface area contributed by atoms with E-state index in [0.717, 1.165) is 18.2 Å². The van der Waals surface area contributed by atoms with Crippen molar-refractivity contribution < 1.29 is 30.8 Å². The molecule has 0 heterocycles. The molecule has 0 unspecified atom stereocenters. The number of hydrogen-bond donors (Lipinski definition) is 2. The van der Waals surface area contributed by atoms with Gasteiger partial charge in [-0.3, -0.25) is 4.79 Å². The van der Waals surface area contributed by atoms with Crippen LogP contribution in [-0.4, -0.2) is 37.5 Å². The molecule has 10 heteroatoms. The number of carbonyl (C=O) groups excluding carboxylic acids is 1. The zero-order chi connectivity index (χ0) is 22.1. The van der Waals surface area contributed by atoms with E-state index >= 15 is 4.39 Å². The Hall–Kier alpha value is -1.68. The summed E-state index contributed by atoms with van der Waals surface area (Å²) in [6.45, 7) is 5.52. The summed E-state index contributed by atoms with van der Waals surface area (Å²) in [5, 5.41) is 3.12. The molecule has 1 aliphatic rings. The van der Waals surface area contributed by atoms with Crippen molar-refractivity contribution in [2.45, 2.75) is 74.1 Å². The third-order valence-electron chi connectivity index (χ3n) is 4.75. The summed E-state index contributed by atoms with van der Waals surface area (Å²) in [6.07, 6.45) is -5.13. The average molecular weight is 438 g/mol. The van der Waals surface area contributed by atoms with Gasteiger partial charge in [-0.15, -0.1) is 0 Å². The minimum atomic E-state index is -4.72. The maximum absolute atomic E-state index is 15.3. The predicted molar refractivity (Wildman–Crippen MR) is 101 cm³/mol. The summed E-state index contributed by atoms with van der Waals surface area (Å²) in [5.41, 5.74) is -1.53. The fraction of sp³-hybridized carbons (Fsp3) is 0.632. The molecule has 2 rings (SSSR count). The number of nitrogens with one attached hydrogen (secondary N) is 2. The Morgan fingerprint density at radius 3 is 2.28 bits per heavy atom. The number of halogens is 4. The average Bonchev–Trinajstić information content (AvgIpc) is 2.59. The van der Waals surface area contributed by atoms with E-state index in [4.69, 9.17) is 0 Å². The molecule has 1 aromatic carbocycles. The first kappa shape index (κ1) is 23.6. The Morgan fingerprint density at radius 2 is 1.76 bits per heavy atom. The maximum Gasteiger partial charge on any atom is 0.416 e. The highest BCUT2D eigenvalue weighted by Gasteiger charge is 2.48. The minimum absolute atomic E-state index is 0.0155. The highest BCUT2D eigenvalue weighted by molar-refractivity contribution is 7.92. The molecule has 0 saturated heterocycles. The number of amides is 1. The van der Waals surface area contributed by atoms with Crippen molar-refractivity contribution in [2.24, 2.45) is 0 Å². The molecule has 1 aromatic rings. The van der Waals surface area contributed by atoms with Crippen molar-refractivity contribution >= 4 is 15.7 Å². The molecular weight excluding hydrogens is 412 g/mol. The summed E-state index contributed by atoms with van der Waals surface area (Å²) >= 11 is 0. The lowest BCUT2D eigenvalue weighted by Crippen LogP contribution is -2.48. The SMILES string of the molecule is CC(C)(C)NC(=O)CN[C@H]1CC[C@](F)(S(=O)(=O)c2cccc(C(F)(F)F)c2)CC1. The van der Waals surface area contributed by atoms with E-state index in [0.29, 0.717) is 6.07 Å². The fourth-order valence-corrected chi connectivity index (χ4v) is 5.01. The first-order chi connectivity index (χ1) is 13.1. The van der Waals surface area contributed by atoms with Gasteiger partial charge in [0.2, 0.25) is 20.7 Å². The van der Waals surface area contributed by atoms with Crippen molar-refractivity contribution in [3.05, 3.63) is 29.8 Å². The lowest BCUT2D eigenvalue weighted by molar-refractivity contribution is -0.137. The standard InChI is InChI=1S/C19H26F4N2O3S/c1-17(2,3)25-16(26)12-24-14-7-9-18(20,10-8-14)29(27,28)15-6-4-5-13(11-15)19(21,22)23/h4-6,11,14,24H,7-10,12H2,1-3H3,(H,25,26)/t14-,18-. The molecule has 1 amide bonds. The van der Waals surface area contributed by atoms with Crippen LogP contribution in [0.3, 0.4) is 0 Å². The summed E-state index contributed by atoms with van der Waals surface area (Å²) in [5.74, 6) is -0.230. The van der Waals surface area contributed by atoms with Gasteiger partial charge in [0.15, 0.2) is 0 Å². The molecule has 1 fully saturated rings. The highest BCUT2D eigenvalue weighted by atomic mass is 32.2. The van der Waals surface area contributed by atoms with Gasteiger partial charge in [0.25, 0.3) is 0 Å². The third kappa shape index (κ3) is 5.91. The second kappa shape index (κ2) is 8.22. The molecule has 29 heavy (non-hydrogen) atoms.